The number of rotatable bonds is 5. The minimum Gasteiger partial charge on any atom is -0.497 e. The zero-order chi connectivity index (χ0) is 22.4. The highest BCUT2D eigenvalue weighted by Gasteiger charge is 2.17. The Morgan fingerprint density at radius 3 is 2.67 bits per heavy atom. The number of nitrogens with zero attached hydrogens (tertiary/aromatic N) is 5. The summed E-state index contributed by atoms with van der Waals surface area (Å²) in [5, 5.41) is 8.54. The van der Waals surface area contributed by atoms with E-state index in [1.807, 2.05) is 42.5 Å². The first-order valence-electron chi connectivity index (χ1n) is 10.1. The highest BCUT2D eigenvalue weighted by atomic mass is 16.7. The summed E-state index contributed by atoms with van der Waals surface area (Å²) in [5.41, 5.74) is 2.48. The van der Waals surface area contributed by atoms with Gasteiger partial charge in [0.2, 0.25) is 18.5 Å². The fourth-order valence-corrected chi connectivity index (χ4v) is 3.67. The number of methoxy groups -OCH3 is 1. The maximum absolute atomic E-state index is 13.1. The summed E-state index contributed by atoms with van der Waals surface area (Å²) < 4.78 is 24.4. The van der Waals surface area contributed by atoms with Gasteiger partial charge in [0.05, 0.1) is 12.8 Å². The van der Waals surface area contributed by atoms with Crippen molar-refractivity contribution >= 4 is 5.52 Å². The van der Waals surface area contributed by atoms with Gasteiger partial charge in [0.15, 0.2) is 11.5 Å². The van der Waals surface area contributed by atoms with Crippen molar-refractivity contribution in [2.45, 2.75) is 6.54 Å². The van der Waals surface area contributed by atoms with Crippen LogP contribution in [0, 0.1) is 0 Å². The molecule has 1 aliphatic rings. The SMILES string of the molecule is COc1ccc(-c2noc(Cn3ccn4nc(-c5ccc6c(c5)OCO6)cc4c3=O)n2)cc1. The van der Waals surface area contributed by atoms with Gasteiger partial charge in [-0.15, -0.1) is 0 Å². The molecule has 4 heterocycles. The normalized spacial score (nSPS) is 12.4. The predicted octanol–water partition coefficient (Wildman–Crippen LogP) is 3.00. The van der Waals surface area contributed by atoms with Crippen LogP contribution in [-0.2, 0) is 6.54 Å². The number of hydrogen-bond acceptors (Lipinski definition) is 8. The lowest BCUT2D eigenvalue weighted by Gasteiger charge is -2.02. The summed E-state index contributed by atoms with van der Waals surface area (Å²) in [6.07, 6.45) is 3.36. The highest BCUT2D eigenvalue weighted by molar-refractivity contribution is 5.68. The molecular weight excluding hydrogens is 426 g/mol. The molecule has 0 fully saturated rings. The van der Waals surface area contributed by atoms with Gasteiger partial charge >= 0.3 is 0 Å². The molecule has 0 atom stereocenters. The number of aromatic nitrogens is 5. The molecule has 1 aliphatic heterocycles. The van der Waals surface area contributed by atoms with E-state index in [4.69, 9.17) is 18.7 Å². The largest absolute Gasteiger partial charge is 0.497 e. The van der Waals surface area contributed by atoms with E-state index in [1.165, 1.54) is 4.57 Å². The Morgan fingerprint density at radius 2 is 1.82 bits per heavy atom. The van der Waals surface area contributed by atoms with Crippen LogP contribution in [0.4, 0.5) is 0 Å². The summed E-state index contributed by atoms with van der Waals surface area (Å²) in [5.74, 6) is 2.85. The van der Waals surface area contributed by atoms with Gasteiger partial charge in [0, 0.05) is 23.5 Å². The van der Waals surface area contributed by atoms with E-state index in [1.54, 1.807) is 30.1 Å². The highest BCUT2D eigenvalue weighted by Crippen LogP contribution is 2.35. The van der Waals surface area contributed by atoms with E-state index >= 15 is 0 Å². The lowest BCUT2D eigenvalue weighted by molar-refractivity contribution is 0.174. The Bertz CT molecular complexity index is 1530. The van der Waals surface area contributed by atoms with Crippen LogP contribution in [0.2, 0.25) is 0 Å². The van der Waals surface area contributed by atoms with E-state index < -0.39 is 0 Å². The van der Waals surface area contributed by atoms with Crippen molar-refractivity contribution in [2.75, 3.05) is 13.9 Å². The van der Waals surface area contributed by atoms with Crippen LogP contribution in [0.15, 0.2) is 70.2 Å². The molecule has 164 valence electrons. The molecule has 0 N–H and O–H groups in total. The first-order chi connectivity index (χ1) is 16.2. The van der Waals surface area contributed by atoms with Crippen LogP contribution in [0.1, 0.15) is 5.89 Å². The molecule has 2 aromatic carbocycles. The summed E-state index contributed by atoms with van der Waals surface area (Å²) in [6, 6.07) is 14.6. The molecule has 0 unspecified atom stereocenters. The Labute approximate surface area is 186 Å². The molecule has 0 saturated carbocycles. The van der Waals surface area contributed by atoms with Gasteiger partial charge in [0.1, 0.15) is 17.8 Å². The standard InChI is InChI=1S/C23H17N5O5/c1-30-16-5-2-14(3-6-16)22-24-21(33-26-22)12-27-8-9-28-18(23(27)29)11-17(25-28)15-4-7-19-20(10-15)32-13-31-19/h2-11H,12-13H2,1H3. The molecule has 0 saturated heterocycles. The zero-order valence-electron chi connectivity index (χ0n) is 17.5. The second kappa shape index (κ2) is 7.52. The Hall–Kier alpha value is -4.60. The number of ether oxygens (including phenoxy) is 3. The van der Waals surface area contributed by atoms with Crippen molar-refractivity contribution in [3.63, 3.8) is 0 Å². The molecule has 5 aromatic rings. The van der Waals surface area contributed by atoms with Gasteiger partial charge in [-0.2, -0.15) is 10.1 Å². The van der Waals surface area contributed by atoms with Crippen LogP contribution >= 0.6 is 0 Å². The molecule has 0 spiro atoms. The van der Waals surface area contributed by atoms with Crippen LogP contribution < -0.4 is 19.8 Å². The molecule has 10 heteroatoms. The number of hydrogen-bond donors (Lipinski definition) is 0. The average Bonchev–Trinajstić information content (AvgIpc) is 3.60. The second-order valence-electron chi connectivity index (χ2n) is 7.40. The Kier molecular flexibility index (Phi) is 4.35. The molecule has 0 bridgehead atoms. The molecule has 0 aliphatic carbocycles. The maximum atomic E-state index is 13.1. The quantitative estimate of drug-likeness (QED) is 0.408. The Morgan fingerprint density at radius 1 is 1.00 bits per heavy atom. The third-order valence-corrected chi connectivity index (χ3v) is 5.39. The first kappa shape index (κ1) is 19.1. The van der Waals surface area contributed by atoms with Crippen molar-refractivity contribution < 1.29 is 18.7 Å². The first-order valence-corrected chi connectivity index (χ1v) is 10.1. The fourth-order valence-electron chi connectivity index (χ4n) is 3.67. The van der Waals surface area contributed by atoms with E-state index in [-0.39, 0.29) is 18.9 Å². The number of fused-ring (bicyclic) bond motifs is 2. The molecular formula is C23H17N5O5. The van der Waals surface area contributed by atoms with Crippen molar-refractivity contribution in [3.05, 3.63) is 77.2 Å². The molecule has 3 aromatic heterocycles. The molecule has 0 amide bonds. The molecule has 33 heavy (non-hydrogen) atoms. The average molecular weight is 443 g/mol. The topological polar surface area (TPSA) is 106 Å². The second-order valence-corrected chi connectivity index (χ2v) is 7.40. The van der Waals surface area contributed by atoms with E-state index in [2.05, 4.69) is 15.2 Å². The van der Waals surface area contributed by atoms with Crippen molar-refractivity contribution in [1.29, 1.82) is 0 Å². The van der Waals surface area contributed by atoms with E-state index in [9.17, 15) is 4.79 Å². The van der Waals surface area contributed by atoms with Crippen LogP contribution in [0.25, 0.3) is 28.2 Å². The summed E-state index contributed by atoms with van der Waals surface area (Å²) in [4.78, 5) is 17.5. The third-order valence-electron chi connectivity index (χ3n) is 5.39. The van der Waals surface area contributed by atoms with E-state index in [0.717, 1.165) is 16.9 Å². The van der Waals surface area contributed by atoms with Crippen LogP contribution in [-0.4, -0.2) is 38.2 Å². The lowest BCUT2D eigenvalue weighted by Crippen LogP contribution is -2.21. The molecule has 6 rings (SSSR count). The van der Waals surface area contributed by atoms with Gasteiger partial charge in [-0.05, 0) is 48.5 Å². The zero-order valence-corrected chi connectivity index (χ0v) is 17.5. The smallest absolute Gasteiger partial charge is 0.277 e. The monoisotopic (exact) mass is 443 g/mol. The number of benzene rings is 2. The van der Waals surface area contributed by atoms with Gasteiger partial charge < -0.3 is 23.3 Å². The predicted molar refractivity (Wildman–Crippen MR) is 116 cm³/mol. The van der Waals surface area contributed by atoms with Gasteiger partial charge in [-0.3, -0.25) is 4.79 Å². The van der Waals surface area contributed by atoms with Gasteiger partial charge in [-0.25, -0.2) is 4.52 Å². The molecule has 0 radical (unpaired) electrons. The third kappa shape index (κ3) is 3.37. The fraction of sp³-hybridized carbons (Fsp3) is 0.130. The lowest BCUT2D eigenvalue weighted by atomic mass is 10.1. The van der Waals surface area contributed by atoms with Crippen molar-refractivity contribution in [2.24, 2.45) is 0 Å². The van der Waals surface area contributed by atoms with Crippen LogP contribution in [0.5, 0.6) is 17.2 Å². The summed E-state index contributed by atoms with van der Waals surface area (Å²) in [7, 11) is 1.61. The van der Waals surface area contributed by atoms with E-state index in [0.29, 0.717) is 34.4 Å². The van der Waals surface area contributed by atoms with Crippen molar-refractivity contribution in [1.82, 2.24) is 24.3 Å². The minimum absolute atomic E-state index is 0.142. The Balaban J connectivity index is 1.29. The summed E-state index contributed by atoms with van der Waals surface area (Å²) >= 11 is 0. The van der Waals surface area contributed by atoms with Gasteiger partial charge in [0.25, 0.3) is 5.56 Å². The minimum atomic E-state index is -0.221. The van der Waals surface area contributed by atoms with Crippen molar-refractivity contribution in [3.8, 4) is 39.9 Å². The molecule has 10 nitrogen and oxygen atoms in total. The van der Waals surface area contributed by atoms with Crippen LogP contribution in [0.3, 0.4) is 0 Å². The van der Waals surface area contributed by atoms with Gasteiger partial charge in [-0.1, -0.05) is 5.16 Å². The summed E-state index contributed by atoms with van der Waals surface area (Å²) in [6.45, 7) is 0.341. The maximum Gasteiger partial charge on any atom is 0.277 e.